The lowest BCUT2D eigenvalue weighted by Crippen LogP contribution is -2.42. The zero-order valence-electron chi connectivity index (χ0n) is 18.0. The summed E-state index contributed by atoms with van der Waals surface area (Å²) >= 11 is 0. The maximum absolute atomic E-state index is 13.3. The Morgan fingerprint density at radius 2 is 2.10 bits per heavy atom. The third-order valence-electron chi connectivity index (χ3n) is 4.21. The Morgan fingerprint density at radius 1 is 1.30 bits per heavy atom. The molecule has 168 valence electrons. The number of hydrogen-bond donors (Lipinski definition) is 2. The van der Waals surface area contributed by atoms with Crippen molar-refractivity contribution in [2.45, 2.75) is 39.8 Å². The van der Waals surface area contributed by atoms with Crippen LogP contribution in [0.4, 0.5) is 4.39 Å². The standard InChI is InChI=1S/C20H31FN6O2.HI/c1-5-28-11-7-10-22-20(24-14-19-26-25-16(3)27(19)4)23-13-15(2)29-18-9-6-8-17(21)12-18;/h6,8-9,12,15H,5,7,10-11,13-14H2,1-4H3,(H2,22,23,24);1H. The minimum absolute atomic E-state index is 0. The molecule has 0 fully saturated rings. The second-order valence-corrected chi connectivity index (χ2v) is 6.63. The predicted molar refractivity (Wildman–Crippen MR) is 126 cm³/mol. The molecule has 0 saturated heterocycles. The highest BCUT2D eigenvalue weighted by Gasteiger charge is 2.08. The van der Waals surface area contributed by atoms with Crippen LogP contribution in [0.2, 0.25) is 0 Å². The second-order valence-electron chi connectivity index (χ2n) is 6.63. The monoisotopic (exact) mass is 534 g/mol. The Hall–Kier alpha value is -1.95. The van der Waals surface area contributed by atoms with Gasteiger partial charge in [0.2, 0.25) is 0 Å². The van der Waals surface area contributed by atoms with Crippen molar-refractivity contribution >= 4 is 29.9 Å². The summed E-state index contributed by atoms with van der Waals surface area (Å²) in [6.45, 7) is 8.82. The predicted octanol–water partition coefficient (Wildman–Crippen LogP) is 2.81. The van der Waals surface area contributed by atoms with Crippen LogP contribution in [-0.4, -0.2) is 53.1 Å². The van der Waals surface area contributed by atoms with Crippen molar-refractivity contribution in [1.82, 2.24) is 25.4 Å². The van der Waals surface area contributed by atoms with Crippen LogP contribution >= 0.6 is 24.0 Å². The summed E-state index contributed by atoms with van der Waals surface area (Å²) in [4.78, 5) is 4.59. The van der Waals surface area contributed by atoms with Crippen LogP contribution in [0.15, 0.2) is 29.3 Å². The minimum atomic E-state index is -0.320. The largest absolute Gasteiger partial charge is 0.489 e. The number of hydrogen-bond acceptors (Lipinski definition) is 5. The lowest BCUT2D eigenvalue weighted by atomic mass is 10.3. The molecule has 10 heteroatoms. The van der Waals surface area contributed by atoms with Crippen LogP contribution in [-0.2, 0) is 18.3 Å². The lowest BCUT2D eigenvalue weighted by molar-refractivity contribution is 0.145. The summed E-state index contributed by atoms with van der Waals surface area (Å²) in [5, 5.41) is 14.7. The molecule has 1 atom stereocenters. The molecule has 0 aliphatic rings. The number of rotatable bonds is 11. The summed E-state index contributed by atoms with van der Waals surface area (Å²) in [7, 11) is 1.91. The summed E-state index contributed by atoms with van der Waals surface area (Å²) in [6.07, 6.45) is 0.691. The SMILES string of the molecule is CCOCCCNC(=NCc1nnc(C)n1C)NCC(C)Oc1cccc(F)c1.I. The second kappa shape index (κ2) is 14.1. The van der Waals surface area contributed by atoms with E-state index in [9.17, 15) is 4.39 Å². The fourth-order valence-electron chi connectivity index (χ4n) is 2.49. The van der Waals surface area contributed by atoms with E-state index >= 15 is 0 Å². The first-order valence-electron chi connectivity index (χ1n) is 9.86. The van der Waals surface area contributed by atoms with Crippen molar-refractivity contribution in [3.05, 3.63) is 41.7 Å². The van der Waals surface area contributed by atoms with Gasteiger partial charge < -0.3 is 24.7 Å². The van der Waals surface area contributed by atoms with Gasteiger partial charge >= 0.3 is 0 Å². The summed E-state index contributed by atoms with van der Waals surface area (Å²) in [6, 6.07) is 6.12. The number of aryl methyl sites for hydroxylation is 1. The topological polar surface area (TPSA) is 85.6 Å². The molecule has 1 heterocycles. The van der Waals surface area contributed by atoms with E-state index in [0.717, 1.165) is 24.6 Å². The molecule has 0 bridgehead atoms. The Bertz CT molecular complexity index is 786. The molecule has 0 aliphatic carbocycles. The zero-order valence-corrected chi connectivity index (χ0v) is 20.4. The number of aliphatic imine (C=N–C) groups is 1. The number of nitrogens with zero attached hydrogens (tertiary/aromatic N) is 4. The molecule has 1 aromatic carbocycles. The third kappa shape index (κ3) is 9.24. The van der Waals surface area contributed by atoms with E-state index in [1.165, 1.54) is 12.1 Å². The quantitative estimate of drug-likeness (QED) is 0.200. The van der Waals surface area contributed by atoms with Gasteiger partial charge in [0.15, 0.2) is 11.8 Å². The van der Waals surface area contributed by atoms with Gasteiger partial charge in [-0.25, -0.2) is 9.38 Å². The number of nitrogens with one attached hydrogen (secondary N) is 2. The van der Waals surface area contributed by atoms with E-state index in [1.54, 1.807) is 12.1 Å². The van der Waals surface area contributed by atoms with Gasteiger partial charge in [0.05, 0.1) is 6.54 Å². The fourth-order valence-corrected chi connectivity index (χ4v) is 2.49. The van der Waals surface area contributed by atoms with E-state index in [-0.39, 0.29) is 35.9 Å². The maximum atomic E-state index is 13.3. The molecule has 2 rings (SSSR count). The maximum Gasteiger partial charge on any atom is 0.191 e. The highest BCUT2D eigenvalue weighted by Crippen LogP contribution is 2.13. The molecule has 1 unspecified atom stereocenters. The number of halogens is 2. The third-order valence-corrected chi connectivity index (χ3v) is 4.21. The molecular formula is C20H32FIN6O2. The van der Waals surface area contributed by atoms with E-state index in [0.29, 0.717) is 38.0 Å². The molecular weight excluding hydrogens is 502 g/mol. The Morgan fingerprint density at radius 3 is 2.77 bits per heavy atom. The molecule has 2 N–H and O–H groups in total. The van der Waals surface area contributed by atoms with Crippen molar-refractivity contribution in [2.24, 2.45) is 12.0 Å². The average Bonchev–Trinajstić information content (AvgIpc) is 3.01. The van der Waals surface area contributed by atoms with E-state index in [1.807, 2.05) is 32.4 Å². The first-order chi connectivity index (χ1) is 14.0. The number of aromatic nitrogens is 3. The number of ether oxygens (including phenoxy) is 2. The molecule has 1 aromatic heterocycles. The van der Waals surface area contributed by atoms with Gasteiger partial charge in [0.1, 0.15) is 30.0 Å². The molecule has 2 aromatic rings. The Balaban J connectivity index is 0.00000450. The van der Waals surface area contributed by atoms with Crippen LogP contribution in [0.3, 0.4) is 0 Å². The lowest BCUT2D eigenvalue weighted by Gasteiger charge is -2.18. The summed E-state index contributed by atoms with van der Waals surface area (Å²) in [5.74, 6) is 2.45. The van der Waals surface area contributed by atoms with E-state index in [2.05, 4.69) is 25.8 Å². The van der Waals surface area contributed by atoms with Gasteiger partial charge in [-0.3, -0.25) is 0 Å². The minimum Gasteiger partial charge on any atom is -0.489 e. The molecule has 30 heavy (non-hydrogen) atoms. The normalized spacial score (nSPS) is 12.2. The first kappa shape index (κ1) is 26.1. The van der Waals surface area contributed by atoms with Crippen LogP contribution < -0.4 is 15.4 Å². The van der Waals surface area contributed by atoms with Crippen LogP contribution in [0, 0.1) is 12.7 Å². The van der Waals surface area contributed by atoms with E-state index in [4.69, 9.17) is 9.47 Å². The van der Waals surface area contributed by atoms with Gasteiger partial charge in [0.25, 0.3) is 0 Å². The van der Waals surface area contributed by atoms with Gasteiger partial charge in [-0.15, -0.1) is 34.2 Å². The van der Waals surface area contributed by atoms with Crippen LogP contribution in [0.5, 0.6) is 5.75 Å². The summed E-state index contributed by atoms with van der Waals surface area (Å²) < 4.78 is 26.3. The van der Waals surface area contributed by atoms with Gasteiger partial charge in [-0.2, -0.15) is 0 Å². The Kier molecular flexibility index (Phi) is 12.3. The molecule has 0 radical (unpaired) electrons. The molecule has 0 saturated carbocycles. The molecule has 0 aliphatic heterocycles. The van der Waals surface area contributed by atoms with Crippen molar-refractivity contribution in [3.8, 4) is 5.75 Å². The summed E-state index contributed by atoms with van der Waals surface area (Å²) in [5.41, 5.74) is 0. The van der Waals surface area contributed by atoms with Gasteiger partial charge in [-0.1, -0.05) is 6.07 Å². The smallest absolute Gasteiger partial charge is 0.191 e. The van der Waals surface area contributed by atoms with Crippen molar-refractivity contribution in [1.29, 1.82) is 0 Å². The average molecular weight is 534 g/mol. The Labute approximate surface area is 194 Å². The van der Waals surface area contributed by atoms with Crippen LogP contribution in [0.1, 0.15) is 31.9 Å². The zero-order chi connectivity index (χ0) is 21.1. The van der Waals surface area contributed by atoms with Gasteiger partial charge in [0, 0.05) is 32.9 Å². The first-order valence-corrected chi connectivity index (χ1v) is 9.86. The van der Waals surface area contributed by atoms with Crippen molar-refractivity contribution < 1.29 is 13.9 Å². The highest BCUT2D eigenvalue weighted by atomic mass is 127. The van der Waals surface area contributed by atoms with Gasteiger partial charge in [-0.05, 0) is 39.3 Å². The van der Waals surface area contributed by atoms with Crippen molar-refractivity contribution in [3.63, 3.8) is 0 Å². The molecule has 8 nitrogen and oxygen atoms in total. The number of guanidine groups is 1. The fraction of sp³-hybridized carbons (Fsp3) is 0.550. The van der Waals surface area contributed by atoms with E-state index < -0.39 is 0 Å². The van der Waals surface area contributed by atoms with Crippen molar-refractivity contribution in [2.75, 3.05) is 26.3 Å². The number of benzene rings is 1. The highest BCUT2D eigenvalue weighted by molar-refractivity contribution is 14.0. The van der Waals surface area contributed by atoms with Crippen LogP contribution in [0.25, 0.3) is 0 Å². The molecule has 0 spiro atoms. The molecule has 0 amide bonds.